The smallest absolute Gasteiger partial charge is 0.230 e. The molecule has 0 aliphatic carbocycles. The number of carbonyl (C=O) groups excluding carboxylic acids is 1. The highest BCUT2D eigenvalue weighted by molar-refractivity contribution is 5.87. The first kappa shape index (κ1) is 16.1. The first-order valence-corrected chi connectivity index (χ1v) is 7.79. The number of nitrogens with one attached hydrogen (secondary N) is 1. The zero-order valence-electron chi connectivity index (χ0n) is 13.6. The van der Waals surface area contributed by atoms with Gasteiger partial charge in [-0.1, -0.05) is 0 Å². The van der Waals surface area contributed by atoms with Gasteiger partial charge in [0.2, 0.25) is 5.91 Å². The van der Waals surface area contributed by atoms with Crippen LogP contribution in [-0.4, -0.2) is 26.7 Å². The Balaban J connectivity index is 1.77. The van der Waals surface area contributed by atoms with Crippen molar-refractivity contribution in [2.24, 2.45) is 0 Å². The molecule has 0 spiro atoms. The van der Waals surface area contributed by atoms with Crippen LogP contribution in [0.15, 0.2) is 24.5 Å². The average Bonchev–Trinajstić information content (AvgIpc) is 3.01. The first-order valence-electron chi connectivity index (χ1n) is 7.79. The molecule has 7 heteroatoms. The highest BCUT2D eigenvalue weighted by atomic mass is 19.1. The quantitative estimate of drug-likeness (QED) is 0.930. The minimum atomic E-state index is -0.948. The van der Waals surface area contributed by atoms with Gasteiger partial charge >= 0.3 is 0 Å². The van der Waals surface area contributed by atoms with Crippen molar-refractivity contribution >= 4 is 5.91 Å². The molecule has 0 bridgehead atoms. The molecule has 6 nitrogen and oxygen atoms in total. The van der Waals surface area contributed by atoms with Gasteiger partial charge in [0.15, 0.2) is 0 Å². The zero-order chi connectivity index (χ0) is 17.3. The molecule has 0 fully saturated rings. The second-order valence-corrected chi connectivity index (χ2v) is 6.53. The number of benzene rings is 1. The Hall–Kier alpha value is -2.75. The third kappa shape index (κ3) is 3.00. The van der Waals surface area contributed by atoms with Gasteiger partial charge < -0.3 is 5.32 Å². The molecule has 1 aromatic carbocycles. The van der Waals surface area contributed by atoms with Crippen LogP contribution >= 0.6 is 0 Å². The number of aryl methyl sites for hydroxylation is 1. The number of hydrogen-bond acceptors (Lipinski definition) is 4. The van der Waals surface area contributed by atoms with Crippen molar-refractivity contribution in [1.29, 1.82) is 5.26 Å². The van der Waals surface area contributed by atoms with Crippen molar-refractivity contribution < 1.29 is 9.18 Å². The van der Waals surface area contributed by atoms with E-state index in [0.717, 1.165) is 24.7 Å². The molecule has 1 unspecified atom stereocenters. The summed E-state index contributed by atoms with van der Waals surface area (Å²) in [5.41, 5.74) is -0.263. The number of hydrogen-bond donors (Lipinski definition) is 1. The second-order valence-electron chi connectivity index (χ2n) is 6.53. The number of rotatable bonds is 3. The molecular weight excluding hydrogens is 309 g/mol. The standard InChI is InChI=1S/C17H18FN5O/c1-17(2,12-5-11(8-19)6-13(18)7-12)16(24)22-14-3-4-15-20-10-21-23(15)9-14/h5-7,10,14H,3-4,9H2,1-2H3,(H,22,24). The van der Waals surface area contributed by atoms with Gasteiger partial charge in [0, 0.05) is 12.5 Å². The molecule has 1 aromatic heterocycles. The minimum Gasteiger partial charge on any atom is -0.351 e. The van der Waals surface area contributed by atoms with Crippen LogP contribution in [0.2, 0.25) is 0 Å². The van der Waals surface area contributed by atoms with E-state index in [1.165, 1.54) is 12.4 Å². The second kappa shape index (κ2) is 6.04. The van der Waals surface area contributed by atoms with Gasteiger partial charge in [-0.2, -0.15) is 10.4 Å². The van der Waals surface area contributed by atoms with E-state index in [4.69, 9.17) is 5.26 Å². The van der Waals surface area contributed by atoms with Crippen molar-refractivity contribution in [3.63, 3.8) is 0 Å². The fourth-order valence-corrected chi connectivity index (χ4v) is 2.87. The number of nitriles is 1. The SMILES string of the molecule is CC(C)(C(=O)NC1CCc2ncnn2C1)c1cc(F)cc(C#N)c1. The van der Waals surface area contributed by atoms with Crippen molar-refractivity contribution in [3.8, 4) is 6.07 Å². The lowest BCUT2D eigenvalue weighted by Gasteiger charge is -2.30. The molecule has 124 valence electrons. The topological polar surface area (TPSA) is 83.6 Å². The Morgan fingerprint density at radius 3 is 3.00 bits per heavy atom. The van der Waals surface area contributed by atoms with Crippen molar-refractivity contribution in [2.75, 3.05) is 0 Å². The van der Waals surface area contributed by atoms with Gasteiger partial charge in [0.1, 0.15) is 18.0 Å². The first-order chi connectivity index (χ1) is 11.4. The maximum atomic E-state index is 13.7. The van der Waals surface area contributed by atoms with Crippen LogP contribution in [0.25, 0.3) is 0 Å². The van der Waals surface area contributed by atoms with E-state index in [2.05, 4.69) is 15.4 Å². The van der Waals surface area contributed by atoms with E-state index in [1.54, 1.807) is 24.6 Å². The third-order valence-electron chi connectivity index (χ3n) is 4.46. The molecule has 1 atom stereocenters. The average molecular weight is 327 g/mol. The third-order valence-corrected chi connectivity index (χ3v) is 4.46. The van der Waals surface area contributed by atoms with Crippen LogP contribution in [0.5, 0.6) is 0 Å². The normalized spacial score (nSPS) is 17.0. The van der Waals surface area contributed by atoms with Crippen LogP contribution in [0, 0.1) is 17.1 Å². The van der Waals surface area contributed by atoms with E-state index in [-0.39, 0.29) is 17.5 Å². The van der Waals surface area contributed by atoms with E-state index >= 15 is 0 Å². The Morgan fingerprint density at radius 1 is 1.46 bits per heavy atom. The number of fused-ring (bicyclic) bond motifs is 1. The van der Waals surface area contributed by atoms with Gasteiger partial charge in [0.25, 0.3) is 0 Å². The van der Waals surface area contributed by atoms with Crippen molar-refractivity contribution in [1.82, 2.24) is 20.1 Å². The zero-order valence-corrected chi connectivity index (χ0v) is 13.6. The number of carbonyl (C=O) groups is 1. The summed E-state index contributed by atoms with van der Waals surface area (Å²) in [6, 6.07) is 5.89. The molecule has 2 aromatic rings. The number of halogens is 1. The lowest BCUT2D eigenvalue weighted by Crippen LogP contribution is -2.48. The summed E-state index contributed by atoms with van der Waals surface area (Å²) in [6.07, 6.45) is 3.05. The van der Waals surface area contributed by atoms with Gasteiger partial charge in [-0.15, -0.1) is 0 Å². The number of amides is 1. The molecule has 3 rings (SSSR count). The maximum absolute atomic E-state index is 13.7. The fraction of sp³-hybridized carbons (Fsp3) is 0.412. The molecule has 1 amide bonds. The summed E-state index contributed by atoms with van der Waals surface area (Å²) in [6.45, 7) is 4.02. The molecule has 2 heterocycles. The lowest BCUT2D eigenvalue weighted by atomic mass is 9.82. The van der Waals surface area contributed by atoms with Gasteiger partial charge in [-0.25, -0.2) is 14.1 Å². The molecule has 24 heavy (non-hydrogen) atoms. The molecule has 0 saturated heterocycles. The summed E-state index contributed by atoms with van der Waals surface area (Å²) in [5, 5.41) is 16.1. The van der Waals surface area contributed by atoms with E-state index in [1.807, 2.05) is 6.07 Å². The molecule has 0 saturated carbocycles. The molecule has 1 N–H and O–H groups in total. The number of aromatic nitrogens is 3. The highest BCUT2D eigenvalue weighted by Gasteiger charge is 2.33. The van der Waals surface area contributed by atoms with Crippen molar-refractivity contribution in [3.05, 3.63) is 47.3 Å². The van der Waals surface area contributed by atoms with Crippen LogP contribution < -0.4 is 5.32 Å². The molecule has 0 radical (unpaired) electrons. The van der Waals surface area contributed by atoms with Crippen molar-refractivity contribution in [2.45, 2.75) is 44.7 Å². The van der Waals surface area contributed by atoms with Crippen LogP contribution in [0.3, 0.4) is 0 Å². The summed E-state index contributed by atoms with van der Waals surface area (Å²) < 4.78 is 15.5. The van der Waals surface area contributed by atoms with E-state index < -0.39 is 11.2 Å². The largest absolute Gasteiger partial charge is 0.351 e. The Morgan fingerprint density at radius 2 is 2.25 bits per heavy atom. The molecular formula is C17H18FN5O. The fourth-order valence-electron chi connectivity index (χ4n) is 2.87. The van der Waals surface area contributed by atoms with Gasteiger partial charge in [-0.05, 0) is 44.0 Å². The van der Waals surface area contributed by atoms with E-state index in [9.17, 15) is 9.18 Å². The summed E-state index contributed by atoms with van der Waals surface area (Å²) in [7, 11) is 0. The van der Waals surface area contributed by atoms with Crippen LogP contribution in [0.4, 0.5) is 4.39 Å². The highest BCUT2D eigenvalue weighted by Crippen LogP contribution is 2.26. The Labute approximate surface area is 139 Å². The van der Waals surface area contributed by atoms with Gasteiger partial charge in [0.05, 0.1) is 23.6 Å². The Bertz CT molecular complexity index is 821. The minimum absolute atomic E-state index is 0.0463. The van der Waals surface area contributed by atoms with Gasteiger partial charge in [-0.3, -0.25) is 4.79 Å². The monoisotopic (exact) mass is 327 g/mol. The number of nitrogens with zero attached hydrogens (tertiary/aromatic N) is 4. The Kier molecular flexibility index (Phi) is 4.06. The maximum Gasteiger partial charge on any atom is 0.230 e. The predicted octanol–water partition coefficient (Wildman–Crippen LogP) is 1.70. The summed E-state index contributed by atoms with van der Waals surface area (Å²) in [4.78, 5) is 16.9. The van der Waals surface area contributed by atoms with Crippen LogP contribution in [0.1, 0.15) is 37.2 Å². The van der Waals surface area contributed by atoms with Crippen LogP contribution in [-0.2, 0) is 23.2 Å². The molecule has 1 aliphatic rings. The summed E-state index contributed by atoms with van der Waals surface area (Å²) >= 11 is 0. The summed E-state index contributed by atoms with van der Waals surface area (Å²) in [5.74, 6) is 0.198. The predicted molar refractivity (Wildman–Crippen MR) is 84.4 cm³/mol. The molecule has 1 aliphatic heterocycles. The van der Waals surface area contributed by atoms with E-state index in [0.29, 0.717) is 12.1 Å². The lowest BCUT2D eigenvalue weighted by molar-refractivity contribution is -0.126.